The summed E-state index contributed by atoms with van der Waals surface area (Å²) in [4.78, 5) is 18.1. The molecule has 1 aliphatic carbocycles. The lowest BCUT2D eigenvalue weighted by atomic mass is 9.76. The molecular formula is C25H35F3N2O2. The van der Waals surface area contributed by atoms with Gasteiger partial charge in [0.15, 0.2) is 0 Å². The maximum Gasteiger partial charge on any atom is 0.416 e. The molecular weight excluding hydrogens is 417 g/mol. The van der Waals surface area contributed by atoms with E-state index in [1.165, 1.54) is 12.1 Å². The van der Waals surface area contributed by atoms with Crippen molar-refractivity contribution >= 4 is 5.91 Å². The van der Waals surface area contributed by atoms with Crippen LogP contribution in [0.5, 0.6) is 0 Å². The highest BCUT2D eigenvalue weighted by molar-refractivity contribution is 5.88. The number of piperidine rings is 1. The van der Waals surface area contributed by atoms with E-state index in [-0.39, 0.29) is 18.1 Å². The molecule has 4 nitrogen and oxygen atoms in total. The van der Waals surface area contributed by atoms with E-state index in [9.17, 15) is 18.0 Å². The molecule has 1 saturated carbocycles. The number of alkyl halides is 3. The molecule has 3 fully saturated rings. The minimum Gasteiger partial charge on any atom is -0.373 e. The average molecular weight is 453 g/mol. The summed E-state index contributed by atoms with van der Waals surface area (Å²) >= 11 is 0. The zero-order valence-electron chi connectivity index (χ0n) is 19.2. The summed E-state index contributed by atoms with van der Waals surface area (Å²) in [6, 6.07) is 5.46. The number of rotatable bonds is 4. The number of ether oxygens (including phenoxy) is 1. The second kappa shape index (κ2) is 9.34. The highest BCUT2D eigenvalue weighted by Gasteiger charge is 2.46. The molecule has 1 aromatic carbocycles. The molecule has 3 aliphatic rings. The fraction of sp³-hybridized carbons (Fsp3) is 0.720. The van der Waals surface area contributed by atoms with E-state index in [1.807, 2.05) is 4.90 Å². The van der Waals surface area contributed by atoms with Crippen molar-refractivity contribution in [2.24, 2.45) is 5.92 Å². The summed E-state index contributed by atoms with van der Waals surface area (Å²) in [5, 5.41) is 0. The minimum absolute atomic E-state index is 0.0291. The molecule has 2 unspecified atom stereocenters. The van der Waals surface area contributed by atoms with Crippen LogP contribution in [0.4, 0.5) is 13.2 Å². The van der Waals surface area contributed by atoms with Crippen LogP contribution in [0, 0.1) is 5.92 Å². The monoisotopic (exact) mass is 452 g/mol. The summed E-state index contributed by atoms with van der Waals surface area (Å²) in [5.41, 5.74) is -0.932. The number of hydrogen-bond donors (Lipinski definition) is 0. The molecule has 0 N–H and O–H groups in total. The Morgan fingerprint density at radius 1 is 1.09 bits per heavy atom. The third-order valence-corrected chi connectivity index (χ3v) is 7.52. The van der Waals surface area contributed by atoms with Gasteiger partial charge in [-0.15, -0.1) is 0 Å². The number of benzene rings is 1. The van der Waals surface area contributed by atoms with E-state index in [0.29, 0.717) is 37.4 Å². The van der Waals surface area contributed by atoms with Gasteiger partial charge in [0.1, 0.15) is 0 Å². The Kier molecular flexibility index (Phi) is 6.87. The molecule has 2 atom stereocenters. The Morgan fingerprint density at radius 2 is 1.72 bits per heavy atom. The molecule has 2 aliphatic heterocycles. The molecule has 0 bridgehead atoms. The molecule has 0 radical (unpaired) electrons. The van der Waals surface area contributed by atoms with Crippen molar-refractivity contribution in [3.63, 3.8) is 0 Å². The smallest absolute Gasteiger partial charge is 0.373 e. The van der Waals surface area contributed by atoms with Crippen molar-refractivity contribution in [3.8, 4) is 0 Å². The van der Waals surface area contributed by atoms with Crippen molar-refractivity contribution in [2.75, 3.05) is 32.7 Å². The first-order valence-electron chi connectivity index (χ1n) is 12.0. The second-order valence-electron chi connectivity index (χ2n) is 10.1. The van der Waals surface area contributed by atoms with Crippen LogP contribution in [-0.4, -0.2) is 60.6 Å². The summed E-state index contributed by atoms with van der Waals surface area (Å²) in [5.74, 6) is 0.575. The predicted molar refractivity (Wildman–Crippen MR) is 117 cm³/mol. The summed E-state index contributed by atoms with van der Waals surface area (Å²) < 4.78 is 45.8. The maximum absolute atomic E-state index is 13.7. The van der Waals surface area contributed by atoms with Crippen LogP contribution < -0.4 is 0 Å². The van der Waals surface area contributed by atoms with Crippen molar-refractivity contribution in [1.82, 2.24) is 9.80 Å². The number of morpholine rings is 1. The van der Waals surface area contributed by atoms with Crippen LogP contribution in [0.3, 0.4) is 0 Å². The first-order chi connectivity index (χ1) is 15.2. The van der Waals surface area contributed by atoms with E-state index in [1.54, 1.807) is 6.07 Å². The van der Waals surface area contributed by atoms with Crippen molar-refractivity contribution in [3.05, 3.63) is 35.4 Å². The SMILES string of the molecule is CC1CN(CC2CCN(C(=O)C3(c4cccc(C(F)(F)F)c4)CCCC3)CC2)CC(C)O1. The highest BCUT2D eigenvalue weighted by atomic mass is 19.4. The Labute approximate surface area is 189 Å². The van der Waals surface area contributed by atoms with Gasteiger partial charge in [0.05, 0.1) is 23.2 Å². The molecule has 0 spiro atoms. The van der Waals surface area contributed by atoms with Crippen molar-refractivity contribution < 1.29 is 22.7 Å². The normalized spacial score (nSPS) is 27.6. The largest absolute Gasteiger partial charge is 0.416 e. The van der Waals surface area contributed by atoms with E-state index < -0.39 is 17.2 Å². The van der Waals surface area contributed by atoms with Gasteiger partial charge in [-0.05, 0) is 57.1 Å². The Balaban J connectivity index is 1.42. The number of nitrogens with zero attached hydrogens (tertiary/aromatic N) is 2. The van der Waals surface area contributed by atoms with E-state index in [4.69, 9.17) is 4.74 Å². The number of amides is 1. The van der Waals surface area contributed by atoms with Crippen LogP contribution >= 0.6 is 0 Å². The van der Waals surface area contributed by atoms with Gasteiger partial charge >= 0.3 is 6.18 Å². The minimum atomic E-state index is -4.40. The first-order valence-corrected chi connectivity index (χ1v) is 12.0. The van der Waals surface area contributed by atoms with Gasteiger partial charge < -0.3 is 9.64 Å². The van der Waals surface area contributed by atoms with Crippen LogP contribution in [0.25, 0.3) is 0 Å². The number of carbonyl (C=O) groups is 1. The van der Waals surface area contributed by atoms with Crippen LogP contribution in [0.1, 0.15) is 63.5 Å². The van der Waals surface area contributed by atoms with E-state index in [2.05, 4.69) is 18.7 Å². The topological polar surface area (TPSA) is 32.8 Å². The Hall–Kier alpha value is -1.60. The van der Waals surface area contributed by atoms with E-state index in [0.717, 1.165) is 51.4 Å². The maximum atomic E-state index is 13.7. The van der Waals surface area contributed by atoms with E-state index >= 15 is 0 Å². The molecule has 7 heteroatoms. The predicted octanol–water partition coefficient (Wildman–Crippen LogP) is 4.87. The fourth-order valence-corrected chi connectivity index (χ4v) is 6.02. The van der Waals surface area contributed by atoms with Gasteiger partial charge in [-0.25, -0.2) is 0 Å². The van der Waals surface area contributed by atoms with Crippen LogP contribution in [0.2, 0.25) is 0 Å². The van der Waals surface area contributed by atoms with Crippen LogP contribution in [0.15, 0.2) is 24.3 Å². The number of hydrogen-bond acceptors (Lipinski definition) is 3. The molecule has 178 valence electrons. The van der Waals surface area contributed by atoms with Gasteiger partial charge in [0.25, 0.3) is 0 Å². The third-order valence-electron chi connectivity index (χ3n) is 7.52. The number of likely N-dealkylation sites (tertiary alicyclic amines) is 1. The van der Waals surface area contributed by atoms with Gasteiger partial charge in [-0.1, -0.05) is 31.0 Å². The summed E-state index contributed by atoms with van der Waals surface area (Å²) in [7, 11) is 0. The molecule has 0 aromatic heterocycles. The quantitative estimate of drug-likeness (QED) is 0.654. The van der Waals surface area contributed by atoms with Gasteiger partial charge in [-0.3, -0.25) is 9.69 Å². The van der Waals surface area contributed by atoms with Crippen molar-refractivity contribution in [1.29, 1.82) is 0 Å². The number of halogens is 3. The van der Waals surface area contributed by atoms with Gasteiger partial charge in [0.2, 0.25) is 5.91 Å². The zero-order chi connectivity index (χ0) is 22.9. The summed E-state index contributed by atoms with van der Waals surface area (Å²) in [6.45, 7) is 8.53. The molecule has 32 heavy (non-hydrogen) atoms. The molecule has 2 saturated heterocycles. The first kappa shape index (κ1) is 23.6. The van der Waals surface area contributed by atoms with Gasteiger partial charge in [-0.2, -0.15) is 13.2 Å². The Bertz CT molecular complexity index is 789. The van der Waals surface area contributed by atoms with Crippen LogP contribution in [-0.2, 0) is 21.1 Å². The Morgan fingerprint density at radius 3 is 2.31 bits per heavy atom. The molecule has 1 amide bonds. The average Bonchev–Trinajstić information content (AvgIpc) is 3.24. The lowest BCUT2D eigenvalue weighted by Crippen LogP contribution is -2.51. The highest BCUT2D eigenvalue weighted by Crippen LogP contribution is 2.44. The standard InChI is InChI=1S/C25H35F3N2O2/c1-18-15-29(16-19(2)32-18)17-20-8-12-30(13-9-20)23(31)24(10-3-4-11-24)21-6-5-7-22(14-21)25(26,27)28/h5-7,14,18-20H,3-4,8-13,15-17H2,1-2H3. The zero-order valence-corrected chi connectivity index (χ0v) is 19.2. The fourth-order valence-electron chi connectivity index (χ4n) is 6.02. The van der Waals surface area contributed by atoms with Gasteiger partial charge in [0, 0.05) is 32.7 Å². The molecule has 1 aromatic rings. The third kappa shape index (κ3) is 4.98. The second-order valence-corrected chi connectivity index (χ2v) is 10.1. The number of carbonyl (C=O) groups excluding carboxylic acids is 1. The lowest BCUT2D eigenvalue weighted by Gasteiger charge is -2.41. The molecule has 2 heterocycles. The summed E-state index contributed by atoms with van der Waals surface area (Å²) in [6.07, 6.45) is 1.02. The lowest BCUT2D eigenvalue weighted by molar-refractivity contribution is -0.140. The van der Waals surface area contributed by atoms with Crippen molar-refractivity contribution in [2.45, 2.75) is 76.2 Å². The molecule has 4 rings (SSSR count).